The number of benzene rings is 4. The van der Waals surface area contributed by atoms with Crippen molar-refractivity contribution < 1.29 is 52.0 Å². The Morgan fingerprint density at radius 1 is 0.750 bits per heavy atom. The summed E-state index contributed by atoms with van der Waals surface area (Å²) >= 11 is 0. The van der Waals surface area contributed by atoms with Crippen molar-refractivity contribution in [3.05, 3.63) is 94.3 Å². The van der Waals surface area contributed by atoms with Crippen LogP contribution in [0.4, 0.5) is 0 Å². The Morgan fingerprint density at radius 3 is 2.23 bits per heavy atom. The molecule has 1 N–H and O–H groups in total. The average molecular weight is 818 g/mol. The Morgan fingerprint density at radius 2 is 1.47 bits per heavy atom. The number of carbonyl (C=O) groups is 4. The van der Waals surface area contributed by atoms with Crippen LogP contribution >= 0.6 is 0 Å². The van der Waals surface area contributed by atoms with Gasteiger partial charge in [0.15, 0.2) is 11.0 Å². The zero-order valence-corrected chi connectivity index (χ0v) is 32.9. The number of methoxy groups -OCH3 is 3. The molecule has 4 heterocycles. The second-order valence-electron chi connectivity index (χ2n) is 13.8. The van der Waals surface area contributed by atoms with Gasteiger partial charge in [0.2, 0.25) is 11.8 Å². The summed E-state index contributed by atoms with van der Waals surface area (Å²) in [5.74, 6) is -0.332. The van der Waals surface area contributed by atoms with Crippen LogP contribution in [0.15, 0.2) is 82.1 Å². The lowest BCUT2D eigenvalue weighted by Gasteiger charge is -2.27. The normalized spacial score (nSPS) is 15.1. The predicted molar refractivity (Wildman–Crippen MR) is 214 cm³/mol. The first kappa shape index (κ1) is 39.7. The van der Waals surface area contributed by atoms with Gasteiger partial charge in [-0.3, -0.25) is 34.2 Å². The van der Waals surface area contributed by atoms with Crippen LogP contribution in [-0.2, 0) is 25.6 Å². The highest BCUT2D eigenvalue weighted by atomic mass is 16.5. The summed E-state index contributed by atoms with van der Waals surface area (Å²) in [6.45, 7) is 1.53. The molecule has 0 saturated carbocycles. The van der Waals surface area contributed by atoms with E-state index in [1.165, 1.54) is 19.2 Å². The van der Waals surface area contributed by atoms with Gasteiger partial charge in [0.1, 0.15) is 41.4 Å². The van der Waals surface area contributed by atoms with Gasteiger partial charge in [-0.1, -0.05) is 29.5 Å². The van der Waals surface area contributed by atoms with E-state index in [4.69, 9.17) is 32.8 Å². The van der Waals surface area contributed by atoms with Gasteiger partial charge in [-0.05, 0) is 42.8 Å². The van der Waals surface area contributed by atoms with Crippen molar-refractivity contribution >= 4 is 45.4 Å². The summed E-state index contributed by atoms with van der Waals surface area (Å²) in [7, 11) is 4.63. The summed E-state index contributed by atoms with van der Waals surface area (Å²) in [6.07, 6.45) is 1.74. The maximum atomic E-state index is 13.6. The number of hydrogen-bond acceptors (Lipinski definition) is 14. The van der Waals surface area contributed by atoms with Crippen molar-refractivity contribution in [2.45, 2.75) is 25.4 Å². The van der Waals surface area contributed by atoms with Gasteiger partial charge in [0.25, 0.3) is 11.8 Å². The van der Waals surface area contributed by atoms with E-state index in [-0.39, 0.29) is 61.6 Å². The molecule has 2 aliphatic heterocycles. The number of nitrogens with one attached hydrogen (secondary N) is 1. The quantitative estimate of drug-likeness (QED) is 0.0818. The second kappa shape index (κ2) is 17.0. The lowest BCUT2D eigenvalue weighted by molar-refractivity contribution is -0.136. The molecule has 6 aromatic rings. The average Bonchev–Trinajstić information content (AvgIpc) is 3.84. The molecule has 308 valence electrons. The van der Waals surface area contributed by atoms with E-state index in [1.807, 2.05) is 24.3 Å². The van der Waals surface area contributed by atoms with E-state index in [9.17, 15) is 24.0 Å². The van der Waals surface area contributed by atoms with E-state index in [1.54, 1.807) is 55.4 Å². The summed E-state index contributed by atoms with van der Waals surface area (Å²) < 4.78 is 42.4. The lowest BCUT2D eigenvalue weighted by Crippen LogP contribution is -2.54. The maximum Gasteiger partial charge on any atom is 0.266 e. The molecule has 1 fully saturated rings. The number of nitrogens with zero attached hydrogens (tertiary/aromatic N) is 4. The van der Waals surface area contributed by atoms with Crippen LogP contribution in [0.1, 0.15) is 33.6 Å². The Balaban J connectivity index is 0.860. The van der Waals surface area contributed by atoms with Crippen molar-refractivity contribution in [1.82, 2.24) is 25.2 Å². The molecule has 0 radical (unpaired) electrons. The monoisotopic (exact) mass is 817 g/mol. The van der Waals surface area contributed by atoms with Crippen molar-refractivity contribution in [3.63, 3.8) is 0 Å². The number of rotatable bonds is 16. The molecule has 60 heavy (non-hydrogen) atoms. The number of piperidine rings is 1. The van der Waals surface area contributed by atoms with Crippen LogP contribution in [0.2, 0.25) is 0 Å². The maximum absolute atomic E-state index is 13.6. The van der Waals surface area contributed by atoms with Gasteiger partial charge in [0, 0.05) is 23.6 Å². The number of fused-ring (bicyclic) bond motifs is 4. The highest BCUT2D eigenvalue weighted by molar-refractivity contribution is 6.24. The highest BCUT2D eigenvalue weighted by Crippen LogP contribution is 2.44. The van der Waals surface area contributed by atoms with Crippen molar-refractivity contribution in [1.29, 1.82) is 0 Å². The molecule has 1 atom stereocenters. The molecule has 4 amide bonds. The van der Waals surface area contributed by atoms with Crippen LogP contribution in [0.25, 0.3) is 44.3 Å². The largest absolute Gasteiger partial charge is 0.496 e. The molecule has 0 spiro atoms. The summed E-state index contributed by atoms with van der Waals surface area (Å²) in [5, 5.41) is 12.0. The van der Waals surface area contributed by atoms with Crippen molar-refractivity contribution in [3.8, 4) is 45.6 Å². The molecule has 1 unspecified atom stereocenters. The number of amides is 4. The second-order valence-corrected chi connectivity index (χ2v) is 13.8. The van der Waals surface area contributed by atoms with Gasteiger partial charge in [0.05, 0.1) is 93.5 Å². The van der Waals surface area contributed by atoms with E-state index in [0.717, 1.165) is 16.2 Å². The summed E-state index contributed by atoms with van der Waals surface area (Å²) in [6, 6.07) is 17.7. The fourth-order valence-corrected chi connectivity index (χ4v) is 7.47. The number of aromatic nitrogens is 3. The molecule has 1 saturated heterocycles. The Bertz CT molecular complexity index is 2730. The van der Waals surface area contributed by atoms with E-state index in [0.29, 0.717) is 63.5 Å². The van der Waals surface area contributed by atoms with Gasteiger partial charge >= 0.3 is 0 Å². The third-order valence-corrected chi connectivity index (χ3v) is 10.3. The molecule has 4 aromatic carbocycles. The molecule has 17 heteroatoms. The van der Waals surface area contributed by atoms with Crippen molar-refractivity contribution in [2.24, 2.45) is 0 Å². The van der Waals surface area contributed by atoms with Crippen molar-refractivity contribution in [2.75, 3.05) is 54.4 Å². The minimum atomic E-state index is -1.06. The first-order valence-corrected chi connectivity index (χ1v) is 19.0. The fourth-order valence-electron chi connectivity index (χ4n) is 7.47. The Hall–Kier alpha value is -7.11. The summed E-state index contributed by atoms with van der Waals surface area (Å²) in [4.78, 5) is 64.8. The molecule has 2 aromatic heterocycles. The van der Waals surface area contributed by atoms with Crippen LogP contribution in [-0.4, -0.2) is 104 Å². The molecular weight excluding hydrogens is 778 g/mol. The number of carbonyl (C=O) groups excluding carboxylic acids is 4. The molecule has 2 aliphatic rings. The summed E-state index contributed by atoms with van der Waals surface area (Å²) in [5.41, 5.74) is 2.48. The zero-order chi connectivity index (χ0) is 41.9. The standard InChI is InChI=1S/C43H39N5O12/c1-54-31-11-12-32(55-2)39-38(31)35(56-3)21-27-30(49)22-34(60-40(27)39)25-7-4-6-24(20-25)29-23-44-46-47(29)14-15-57-16-17-58-18-19-59-33-9-5-8-26-37(33)43(53)48(42(26)52)28-10-13-36(50)45-41(28)51/h4-9,11-12,20-23,28H,10,13-19H2,1-3H3,(H,45,50,51). The van der Waals surface area contributed by atoms with Gasteiger partial charge < -0.3 is 32.8 Å². The smallest absolute Gasteiger partial charge is 0.266 e. The predicted octanol–water partition coefficient (Wildman–Crippen LogP) is 4.41. The lowest BCUT2D eigenvalue weighted by atomic mass is 10.0. The number of hydrogen-bond donors (Lipinski definition) is 1. The zero-order valence-electron chi connectivity index (χ0n) is 32.9. The first-order valence-electron chi connectivity index (χ1n) is 19.0. The van der Waals surface area contributed by atoms with Gasteiger partial charge in [-0.25, -0.2) is 4.68 Å². The van der Waals surface area contributed by atoms with E-state index >= 15 is 0 Å². The number of imide groups is 2. The number of ether oxygens (including phenoxy) is 6. The Kier molecular flexibility index (Phi) is 11.3. The Labute approximate surface area is 341 Å². The van der Waals surface area contributed by atoms with Gasteiger partial charge in [-0.2, -0.15) is 0 Å². The van der Waals surface area contributed by atoms with E-state index in [2.05, 4.69) is 15.6 Å². The third kappa shape index (κ3) is 7.39. The SMILES string of the molecule is COc1ccc(OC)c2c1c(OC)cc1c(=O)cc(-c3cccc(-c4cnnn4CCOCCOCCOc4cccc5c4C(=O)N(C4CCC(=O)NC4=O)C5=O)c3)oc12. The van der Waals surface area contributed by atoms with Crippen LogP contribution in [0.3, 0.4) is 0 Å². The molecule has 8 rings (SSSR count). The minimum absolute atomic E-state index is 0.0320. The minimum Gasteiger partial charge on any atom is -0.496 e. The fraction of sp³-hybridized carbons (Fsp3) is 0.279. The van der Waals surface area contributed by atoms with Gasteiger partial charge in [-0.15, -0.1) is 5.10 Å². The molecule has 0 aliphatic carbocycles. The van der Waals surface area contributed by atoms with Crippen LogP contribution in [0, 0.1) is 0 Å². The van der Waals surface area contributed by atoms with Crippen LogP contribution < -0.4 is 29.7 Å². The topological polar surface area (TPSA) is 200 Å². The highest BCUT2D eigenvalue weighted by Gasteiger charge is 2.46. The molecular formula is C43H39N5O12. The molecule has 17 nitrogen and oxygen atoms in total. The third-order valence-electron chi connectivity index (χ3n) is 10.3. The van der Waals surface area contributed by atoms with Crippen LogP contribution in [0.5, 0.6) is 23.0 Å². The first-order chi connectivity index (χ1) is 29.2. The van der Waals surface area contributed by atoms with E-state index < -0.39 is 29.7 Å². The molecule has 0 bridgehead atoms.